The summed E-state index contributed by atoms with van der Waals surface area (Å²) in [5.74, 6) is 0.655. The number of nitro groups is 1. The Bertz CT molecular complexity index is 1000. The predicted molar refractivity (Wildman–Crippen MR) is 102 cm³/mol. The molecule has 1 aromatic heterocycles. The van der Waals surface area contributed by atoms with Gasteiger partial charge in [-0.25, -0.2) is 4.98 Å². The van der Waals surface area contributed by atoms with Gasteiger partial charge in [0.15, 0.2) is 5.13 Å². The van der Waals surface area contributed by atoms with Gasteiger partial charge in [0.2, 0.25) is 0 Å². The molecule has 9 heteroatoms. The molecule has 2 aromatic carbocycles. The number of thiazole rings is 1. The molecule has 1 amide bonds. The molecule has 0 saturated heterocycles. The minimum atomic E-state index is -0.596. The number of benzene rings is 2. The highest BCUT2D eigenvalue weighted by Crippen LogP contribution is 2.35. The Kier molecular flexibility index (Phi) is 5.32. The van der Waals surface area contributed by atoms with Crippen LogP contribution >= 0.6 is 11.3 Å². The first-order valence-electron chi connectivity index (χ1n) is 7.76. The van der Waals surface area contributed by atoms with Crippen LogP contribution in [0, 0.1) is 10.1 Å². The molecular weight excluding hydrogens is 370 g/mol. The van der Waals surface area contributed by atoms with Gasteiger partial charge in [-0.1, -0.05) is 12.1 Å². The minimum absolute atomic E-state index is 0.0294. The maximum Gasteiger partial charge on any atom is 0.282 e. The molecule has 27 heavy (non-hydrogen) atoms. The van der Waals surface area contributed by atoms with Gasteiger partial charge in [-0.3, -0.25) is 20.2 Å². The zero-order valence-electron chi connectivity index (χ0n) is 14.5. The van der Waals surface area contributed by atoms with E-state index in [2.05, 4.69) is 10.3 Å². The lowest BCUT2D eigenvalue weighted by atomic mass is 10.1. The molecule has 0 radical (unpaired) electrons. The van der Waals surface area contributed by atoms with E-state index in [1.807, 2.05) is 0 Å². The number of carbonyl (C=O) groups excluding carboxylic acids is 1. The molecule has 138 valence electrons. The van der Waals surface area contributed by atoms with Crippen LogP contribution in [0.4, 0.5) is 10.8 Å². The Balaban J connectivity index is 1.87. The van der Waals surface area contributed by atoms with E-state index in [1.165, 1.54) is 29.5 Å². The Morgan fingerprint density at radius 1 is 1.19 bits per heavy atom. The number of rotatable bonds is 6. The molecule has 0 unspecified atom stereocenters. The van der Waals surface area contributed by atoms with Crippen molar-refractivity contribution in [2.75, 3.05) is 19.5 Å². The summed E-state index contributed by atoms with van der Waals surface area (Å²) in [6.45, 7) is 0. The van der Waals surface area contributed by atoms with Crippen molar-refractivity contribution in [3.8, 4) is 22.8 Å². The third kappa shape index (κ3) is 3.87. The standard InChI is InChI=1S/C18H15N3O5S/c1-25-11-7-8-16(26-2)13(9-11)14-10-27-18(19-14)20-17(22)12-5-3-4-6-15(12)21(23)24/h3-10H,1-2H3,(H,19,20,22). The fourth-order valence-electron chi connectivity index (χ4n) is 2.46. The normalized spacial score (nSPS) is 10.3. The smallest absolute Gasteiger partial charge is 0.282 e. The first kappa shape index (κ1) is 18.3. The monoisotopic (exact) mass is 385 g/mol. The van der Waals surface area contributed by atoms with Crippen LogP contribution < -0.4 is 14.8 Å². The Hall–Kier alpha value is -3.46. The number of nitrogens with one attached hydrogen (secondary N) is 1. The molecule has 0 spiro atoms. The van der Waals surface area contributed by atoms with Crippen molar-refractivity contribution >= 4 is 28.1 Å². The summed E-state index contributed by atoms with van der Waals surface area (Å²) in [7, 11) is 3.11. The van der Waals surface area contributed by atoms with Crippen molar-refractivity contribution in [2.45, 2.75) is 0 Å². The van der Waals surface area contributed by atoms with Gasteiger partial charge in [0.25, 0.3) is 11.6 Å². The summed E-state index contributed by atoms with van der Waals surface area (Å²) >= 11 is 1.20. The molecule has 0 aliphatic carbocycles. The number of ether oxygens (including phenoxy) is 2. The number of aromatic nitrogens is 1. The van der Waals surface area contributed by atoms with Crippen molar-refractivity contribution in [2.24, 2.45) is 0 Å². The van der Waals surface area contributed by atoms with E-state index in [9.17, 15) is 14.9 Å². The Labute approximate surface area is 158 Å². The van der Waals surface area contributed by atoms with Crippen LogP contribution in [0.25, 0.3) is 11.3 Å². The molecule has 0 aliphatic heterocycles. The second kappa shape index (κ2) is 7.83. The topological polar surface area (TPSA) is 104 Å². The van der Waals surface area contributed by atoms with E-state index < -0.39 is 10.8 Å². The number of hydrogen-bond donors (Lipinski definition) is 1. The van der Waals surface area contributed by atoms with Crippen LogP contribution in [0.1, 0.15) is 10.4 Å². The number of hydrogen-bond acceptors (Lipinski definition) is 7. The molecule has 0 bridgehead atoms. The summed E-state index contributed by atoms with van der Waals surface area (Å²) < 4.78 is 10.6. The molecule has 3 aromatic rings. The lowest BCUT2D eigenvalue weighted by molar-refractivity contribution is -0.385. The second-order valence-electron chi connectivity index (χ2n) is 5.33. The maximum absolute atomic E-state index is 12.4. The predicted octanol–water partition coefficient (Wildman–Crippen LogP) is 3.99. The first-order valence-corrected chi connectivity index (χ1v) is 8.64. The summed E-state index contributed by atoms with van der Waals surface area (Å²) in [6, 6.07) is 11.1. The number of amides is 1. The lowest BCUT2D eigenvalue weighted by Gasteiger charge is -2.08. The highest BCUT2D eigenvalue weighted by molar-refractivity contribution is 7.14. The zero-order chi connectivity index (χ0) is 19.4. The number of anilines is 1. The van der Waals surface area contributed by atoms with Gasteiger partial charge in [0, 0.05) is 17.0 Å². The van der Waals surface area contributed by atoms with E-state index >= 15 is 0 Å². The van der Waals surface area contributed by atoms with Crippen LogP contribution in [0.2, 0.25) is 0 Å². The number of nitrogens with zero attached hydrogens (tertiary/aromatic N) is 2. The van der Waals surface area contributed by atoms with Crippen molar-refractivity contribution in [1.29, 1.82) is 0 Å². The van der Waals surface area contributed by atoms with Gasteiger partial charge in [0.05, 0.1) is 24.8 Å². The minimum Gasteiger partial charge on any atom is -0.497 e. The van der Waals surface area contributed by atoms with Crippen LogP contribution in [0.5, 0.6) is 11.5 Å². The largest absolute Gasteiger partial charge is 0.497 e. The number of carbonyl (C=O) groups is 1. The van der Waals surface area contributed by atoms with Gasteiger partial charge < -0.3 is 9.47 Å². The van der Waals surface area contributed by atoms with Crippen molar-refractivity contribution in [3.05, 3.63) is 63.5 Å². The van der Waals surface area contributed by atoms with Crippen molar-refractivity contribution < 1.29 is 19.2 Å². The molecule has 3 rings (SSSR count). The summed E-state index contributed by atoms with van der Waals surface area (Å²) in [4.78, 5) is 27.3. The van der Waals surface area contributed by atoms with Crippen LogP contribution in [0.15, 0.2) is 47.8 Å². The van der Waals surface area contributed by atoms with Crippen molar-refractivity contribution in [3.63, 3.8) is 0 Å². The number of methoxy groups -OCH3 is 2. The maximum atomic E-state index is 12.4. The van der Waals surface area contributed by atoms with Crippen molar-refractivity contribution in [1.82, 2.24) is 4.98 Å². The third-order valence-electron chi connectivity index (χ3n) is 3.75. The Morgan fingerprint density at radius 2 is 1.96 bits per heavy atom. The average molecular weight is 385 g/mol. The quantitative estimate of drug-likeness (QED) is 0.508. The molecule has 0 atom stereocenters. The summed E-state index contributed by atoms with van der Waals surface area (Å²) in [5.41, 5.74) is 1.01. The third-order valence-corrected chi connectivity index (χ3v) is 4.51. The lowest BCUT2D eigenvalue weighted by Crippen LogP contribution is -2.13. The molecule has 1 N–H and O–H groups in total. The van der Waals surface area contributed by atoms with E-state index in [1.54, 1.807) is 43.9 Å². The SMILES string of the molecule is COc1ccc(OC)c(-c2csc(NC(=O)c3ccccc3[N+](=O)[O-])n2)c1. The molecule has 0 aliphatic rings. The molecule has 0 fully saturated rings. The fraction of sp³-hybridized carbons (Fsp3) is 0.111. The van der Waals surface area contributed by atoms with Gasteiger partial charge in [0.1, 0.15) is 17.1 Å². The van der Waals surface area contributed by atoms with Crippen LogP contribution in [0.3, 0.4) is 0 Å². The Morgan fingerprint density at radius 3 is 2.67 bits per heavy atom. The van der Waals surface area contributed by atoms with E-state index in [-0.39, 0.29) is 11.3 Å². The van der Waals surface area contributed by atoms with E-state index in [4.69, 9.17) is 9.47 Å². The second-order valence-corrected chi connectivity index (χ2v) is 6.19. The zero-order valence-corrected chi connectivity index (χ0v) is 15.3. The number of para-hydroxylation sites is 1. The highest BCUT2D eigenvalue weighted by Gasteiger charge is 2.20. The van der Waals surface area contributed by atoms with E-state index in [0.717, 1.165) is 0 Å². The van der Waals surface area contributed by atoms with Crippen LogP contribution in [-0.4, -0.2) is 30.0 Å². The fourth-order valence-corrected chi connectivity index (χ4v) is 3.16. The average Bonchev–Trinajstić information content (AvgIpc) is 3.15. The van der Waals surface area contributed by atoms with E-state index in [0.29, 0.717) is 27.9 Å². The molecule has 8 nitrogen and oxygen atoms in total. The van der Waals surface area contributed by atoms with Crippen LogP contribution in [-0.2, 0) is 0 Å². The first-order chi connectivity index (χ1) is 13.0. The van der Waals surface area contributed by atoms with Gasteiger partial charge in [-0.2, -0.15) is 0 Å². The molecule has 0 saturated carbocycles. The van der Waals surface area contributed by atoms with Gasteiger partial charge in [-0.05, 0) is 24.3 Å². The van der Waals surface area contributed by atoms with Gasteiger partial charge in [-0.15, -0.1) is 11.3 Å². The number of nitro benzene ring substituents is 1. The molecule has 1 heterocycles. The highest BCUT2D eigenvalue weighted by atomic mass is 32.1. The summed E-state index contributed by atoms with van der Waals surface area (Å²) in [5, 5.41) is 15.8. The molecular formula is C18H15N3O5S. The summed E-state index contributed by atoms with van der Waals surface area (Å²) in [6.07, 6.45) is 0. The van der Waals surface area contributed by atoms with Gasteiger partial charge >= 0.3 is 0 Å².